The SMILES string of the molecule is CC(C)(C)OC(=O)NC1(CNCC2CCCCCC2)CCC1. The van der Waals surface area contributed by atoms with Crippen LogP contribution in [0, 0.1) is 5.92 Å². The highest BCUT2D eigenvalue weighted by atomic mass is 16.6. The standard InChI is InChI=1S/C18H34N2O2/c1-17(2,3)22-16(21)20-18(11-8-12-18)14-19-13-15-9-6-4-5-7-10-15/h15,19H,4-14H2,1-3H3,(H,20,21). The van der Waals surface area contributed by atoms with Crippen LogP contribution in [0.1, 0.15) is 78.6 Å². The van der Waals surface area contributed by atoms with Crippen LogP contribution in [-0.4, -0.2) is 30.3 Å². The third-order valence-electron chi connectivity index (χ3n) is 4.95. The van der Waals surface area contributed by atoms with Gasteiger partial charge in [0.25, 0.3) is 0 Å². The van der Waals surface area contributed by atoms with Crippen molar-refractivity contribution in [1.29, 1.82) is 0 Å². The lowest BCUT2D eigenvalue weighted by Gasteiger charge is -2.43. The summed E-state index contributed by atoms with van der Waals surface area (Å²) >= 11 is 0. The third-order valence-corrected chi connectivity index (χ3v) is 4.95. The molecule has 2 rings (SSSR count). The van der Waals surface area contributed by atoms with Gasteiger partial charge < -0.3 is 15.4 Å². The number of carbonyl (C=O) groups excluding carboxylic acids is 1. The Bertz CT molecular complexity index is 351. The van der Waals surface area contributed by atoms with E-state index in [9.17, 15) is 4.79 Å². The highest BCUT2D eigenvalue weighted by molar-refractivity contribution is 5.69. The molecule has 4 nitrogen and oxygen atoms in total. The maximum absolute atomic E-state index is 12.0. The summed E-state index contributed by atoms with van der Waals surface area (Å²) < 4.78 is 5.40. The first-order valence-electron chi connectivity index (χ1n) is 9.10. The smallest absolute Gasteiger partial charge is 0.408 e. The van der Waals surface area contributed by atoms with Gasteiger partial charge in [0.1, 0.15) is 5.60 Å². The third kappa shape index (κ3) is 5.79. The van der Waals surface area contributed by atoms with Crippen LogP contribution in [0.25, 0.3) is 0 Å². The van der Waals surface area contributed by atoms with Gasteiger partial charge in [-0.05, 0) is 65.3 Å². The van der Waals surface area contributed by atoms with Crippen LogP contribution in [0.5, 0.6) is 0 Å². The van der Waals surface area contributed by atoms with E-state index in [4.69, 9.17) is 4.74 Å². The summed E-state index contributed by atoms with van der Waals surface area (Å²) in [6.45, 7) is 7.69. The highest BCUT2D eigenvalue weighted by Crippen LogP contribution is 2.32. The summed E-state index contributed by atoms with van der Waals surface area (Å²) in [5.41, 5.74) is -0.504. The molecule has 0 radical (unpaired) electrons. The van der Waals surface area contributed by atoms with Crippen molar-refractivity contribution in [3.63, 3.8) is 0 Å². The molecule has 2 fully saturated rings. The number of amides is 1. The molecule has 0 spiro atoms. The number of carbonyl (C=O) groups is 1. The predicted octanol–water partition coefficient (Wildman–Crippen LogP) is 3.99. The van der Waals surface area contributed by atoms with Crippen LogP contribution in [0.4, 0.5) is 4.79 Å². The van der Waals surface area contributed by atoms with E-state index in [1.165, 1.54) is 44.9 Å². The van der Waals surface area contributed by atoms with Crippen molar-refractivity contribution < 1.29 is 9.53 Å². The van der Waals surface area contributed by atoms with Gasteiger partial charge >= 0.3 is 6.09 Å². The molecule has 2 saturated carbocycles. The van der Waals surface area contributed by atoms with Crippen LogP contribution in [-0.2, 0) is 4.74 Å². The molecular formula is C18H34N2O2. The van der Waals surface area contributed by atoms with Crippen molar-refractivity contribution in [3.05, 3.63) is 0 Å². The Hall–Kier alpha value is -0.770. The second-order valence-corrected chi connectivity index (χ2v) is 8.25. The maximum Gasteiger partial charge on any atom is 0.408 e. The van der Waals surface area contributed by atoms with Crippen molar-refractivity contribution in [3.8, 4) is 0 Å². The van der Waals surface area contributed by atoms with Gasteiger partial charge in [-0.1, -0.05) is 25.7 Å². The first kappa shape index (κ1) is 17.6. The van der Waals surface area contributed by atoms with Gasteiger partial charge in [0.2, 0.25) is 0 Å². The van der Waals surface area contributed by atoms with E-state index in [-0.39, 0.29) is 11.6 Å². The lowest BCUT2D eigenvalue weighted by atomic mass is 9.76. The number of hydrogen-bond donors (Lipinski definition) is 2. The fraction of sp³-hybridized carbons (Fsp3) is 0.944. The second kappa shape index (κ2) is 7.67. The van der Waals surface area contributed by atoms with Gasteiger partial charge in [-0.15, -0.1) is 0 Å². The molecule has 2 aliphatic rings. The van der Waals surface area contributed by atoms with Crippen molar-refractivity contribution in [2.24, 2.45) is 5.92 Å². The Kier molecular flexibility index (Phi) is 6.13. The summed E-state index contributed by atoms with van der Waals surface area (Å²) in [5, 5.41) is 6.74. The molecule has 22 heavy (non-hydrogen) atoms. The Morgan fingerprint density at radius 1 is 1.09 bits per heavy atom. The molecule has 0 atom stereocenters. The predicted molar refractivity (Wildman–Crippen MR) is 90.0 cm³/mol. The zero-order chi connectivity index (χ0) is 16.1. The van der Waals surface area contributed by atoms with E-state index in [1.54, 1.807) is 0 Å². The summed E-state index contributed by atoms with van der Waals surface area (Å²) in [6.07, 6.45) is 11.3. The molecule has 0 heterocycles. The Labute approximate surface area is 135 Å². The first-order chi connectivity index (χ1) is 10.4. The average molecular weight is 310 g/mol. The van der Waals surface area contributed by atoms with E-state index in [2.05, 4.69) is 10.6 Å². The minimum absolute atomic E-state index is 0.0763. The lowest BCUT2D eigenvalue weighted by molar-refractivity contribution is 0.0381. The number of nitrogens with one attached hydrogen (secondary N) is 2. The molecule has 128 valence electrons. The molecular weight excluding hydrogens is 276 g/mol. The van der Waals surface area contributed by atoms with E-state index in [0.29, 0.717) is 0 Å². The van der Waals surface area contributed by atoms with Crippen molar-refractivity contribution >= 4 is 6.09 Å². The molecule has 0 aliphatic heterocycles. The molecule has 0 unspecified atom stereocenters. The number of rotatable bonds is 5. The lowest BCUT2D eigenvalue weighted by Crippen LogP contribution is -2.60. The Balaban J connectivity index is 1.72. The van der Waals surface area contributed by atoms with Gasteiger partial charge in [0.15, 0.2) is 0 Å². The highest BCUT2D eigenvalue weighted by Gasteiger charge is 2.39. The minimum Gasteiger partial charge on any atom is -0.444 e. The minimum atomic E-state index is -0.428. The topological polar surface area (TPSA) is 50.4 Å². The fourth-order valence-corrected chi connectivity index (χ4v) is 3.55. The van der Waals surface area contributed by atoms with Gasteiger partial charge in [0.05, 0.1) is 5.54 Å². The zero-order valence-corrected chi connectivity index (χ0v) is 14.7. The molecule has 0 saturated heterocycles. The molecule has 4 heteroatoms. The molecule has 0 bridgehead atoms. The van der Waals surface area contributed by atoms with Crippen molar-refractivity contribution in [2.75, 3.05) is 13.1 Å². The molecule has 2 N–H and O–H groups in total. The number of alkyl carbamates (subject to hydrolysis) is 1. The zero-order valence-electron chi connectivity index (χ0n) is 14.7. The van der Waals surface area contributed by atoms with E-state index in [1.807, 2.05) is 20.8 Å². The van der Waals surface area contributed by atoms with E-state index < -0.39 is 5.60 Å². The Morgan fingerprint density at radius 2 is 1.73 bits per heavy atom. The fourth-order valence-electron chi connectivity index (χ4n) is 3.55. The molecule has 0 aromatic rings. The van der Waals surface area contributed by atoms with Gasteiger partial charge in [0, 0.05) is 6.54 Å². The van der Waals surface area contributed by atoms with E-state index in [0.717, 1.165) is 31.8 Å². The largest absolute Gasteiger partial charge is 0.444 e. The summed E-state index contributed by atoms with van der Waals surface area (Å²) in [6, 6.07) is 0. The van der Waals surface area contributed by atoms with Gasteiger partial charge in [-0.25, -0.2) is 4.79 Å². The van der Waals surface area contributed by atoms with Crippen LogP contribution in [0.2, 0.25) is 0 Å². The molecule has 1 amide bonds. The Morgan fingerprint density at radius 3 is 2.23 bits per heavy atom. The van der Waals surface area contributed by atoms with Crippen LogP contribution < -0.4 is 10.6 Å². The monoisotopic (exact) mass is 310 g/mol. The van der Waals surface area contributed by atoms with Crippen molar-refractivity contribution in [1.82, 2.24) is 10.6 Å². The van der Waals surface area contributed by atoms with Crippen molar-refractivity contribution in [2.45, 2.75) is 89.7 Å². The number of hydrogen-bond acceptors (Lipinski definition) is 3. The molecule has 0 aromatic heterocycles. The van der Waals surface area contributed by atoms with E-state index >= 15 is 0 Å². The normalized spacial score (nSPS) is 22.5. The van der Waals surface area contributed by atoms with Crippen LogP contribution >= 0.6 is 0 Å². The van der Waals surface area contributed by atoms with Gasteiger partial charge in [-0.2, -0.15) is 0 Å². The van der Waals surface area contributed by atoms with Crippen LogP contribution in [0.3, 0.4) is 0 Å². The maximum atomic E-state index is 12.0. The second-order valence-electron chi connectivity index (χ2n) is 8.25. The molecule has 2 aliphatic carbocycles. The average Bonchev–Trinajstić information content (AvgIpc) is 2.62. The first-order valence-corrected chi connectivity index (χ1v) is 9.10. The summed E-state index contributed by atoms with van der Waals surface area (Å²) in [4.78, 5) is 12.0. The quantitative estimate of drug-likeness (QED) is 0.755. The summed E-state index contributed by atoms with van der Waals surface area (Å²) in [7, 11) is 0. The molecule has 0 aromatic carbocycles. The van der Waals surface area contributed by atoms with Gasteiger partial charge in [-0.3, -0.25) is 0 Å². The van der Waals surface area contributed by atoms with Crippen LogP contribution in [0.15, 0.2) is 0 Å². The summed E-state index contributed by atoms with van der Waals surface area (Å²) in [5.74, 6) is 0.821. The number of ether oxygens (including phenoxy) is 1.